The van der Waals surface area contributed by atoms with E-state index in [-0.39, 0.29) is 5.41 Å². The maximum atomic E-state index is 5.47. The molecule has 0 aromatic rings. The van der Waals surface area contributed by atoms with Crippen molar-refractivity contribution in [2.24, 2.45) is 5.41 Å². The van der Waals surface area contributed by atoms with Gasteiger partial charge >= 0.3 is 0 Å². The lowest BCUT2D eigenvalue weighted by molar-refractivity contribution is 0.179. The molecule has 0 N–H and O–H groups in total. The quantitative estimate of drug-likeness (QED) is 0.573. The fourth-order valence-corrected chi connectivity index (χ4v) is 1.19. The van der Waals surface area contributed by atoms with Crippen LogP contribution in [0.3, 0.4) is 0 Å². The van der Waals surface area contributed by atoms with Crippen LogP contribution in [-0.2, 0) is 4.74 Å². The standard InChI is InChI=1S/C9H16O/c1-4-5-8-6-9(2,3)7-10-8/h6H,4-5,7H2,1-3H3. The van der Waals surface area contributed by atoms with Gasteiger partial charge in [-0.15, -0.1) is 0 Å². The molecule has 0 aromatic carbocycles. The summed E-state index contributed by atoms with van der Waals surface area (Å²) in [6, 6.07) is 0. The van der Waals surface area contributed by atoms with Crippen LogP contribution in [0.1, 0.15) is 33.6 Å². The van der Waals surface area contributed by atoms with E-state index in [1.807, 2.05) is 0 Å². The Hall–Kier alpha value is -0.460. The topological polar surface area (TPSA) is 9.23 Å². The molecule has 0 unspecified atom stereocenters. The van der Waals surface area contributed by atoms with Crippen LogP contribution in [-0.4, -0.2) is 6.61 Å². The molecule has 1 heterocycles. The highest BCUT2D eigenvalue weighted by atomic mass is 16.5. The van der Waals surface area contributed by atoms with Gasteiger partial charge in [0.25, 0.3) is 0 Å². The lowest BCUT2D eigenvalue weighted by Crippen LogP contribution is -2.08. The predicted octanol–water partition coefficient (Wildman–Crippen LogP) is 2.73. The summed E-state index contributed by atoms with van der Waals surface area (Å²) in [7, 11) is 0. The second-order valence-electron chi connectivity index (χ2n) is 3.64. The average Bonchev–Trinajstić information content (AvgIpc) is 2.12. The molecule has 0 atom stereocenters. The van der Waals surface area contributed by atoms with Crippen molar-refractivity contribution >= 4 is 0 Å². The van der Waals surface area contributed by atoms with Crippen LogP contribution in [0.2, 0.25) is 0 Å². The van der Waals surface area contributed by atoms with E-state index in [4.69, 9.17) is 4.74 Å². The Kier molecular flexibility index (Phi) is 2.02. The fraction of sp³-hybridized carbons (Fsp3) is 0.778. The molecule has 0 saturated heterocycles. The number of hydrogen-bond donors (Lipinski definition) is 0. The molecule has 1 heteroatoms. The SMILES string of the molecule is CCCC1=CC(C)(C)CO1. The number of ether oxygens (including phenoxy) is 1. The van der Waals surface area contributed by atoms with Gasteiger partial charge in [0.05, 0.1) is 12.4 Å². The Morgan fingerprint density at radius 3 is 2.70 bits per heavy atom. The van der Waals surface area contributed by atoms with Crippen molar-refractivity contribution in [2.45, 2.75) is 33.6 Å². The number of rotatable bonds is 2. The van der Waals surface area contributed by atoms with Gasteiger partial charge in [0.1, 0.15) is 0 Å². The molecule has 0 spiro atoms. The highest BCUT2D eigenvalue weighted by molar-refractivity contribution is 5.07. The Labute approximate surface area is 63.1 Å². The summed E-state index contributed by atoms with van der Waals surface area (Å²) in [4.78, 5) is 0. The van der Waals surface area contributed by atoms with Crippen LogP contribution in [0.15, 0.2) is 11.8 Å². The lowest BCUT2D eigenvalue weighted by atomic mass is 9.96. The van der Waals surface area contributed by atoms with Crippen molar-refractivity contribution in [1.82, 2.24) is 0 Å². The summed E-state index contributed by atoms with van der Waals surface area (Å²) in [5, 5.41) is 0. The molecular weight excluding hydrogens is 124 g/mol. The van der Waals surface area contributed by atoms with E-state index < -0.39 is 0 Å². The van der Waals surface area contributed by atoms with Gasteiger partial charge < -0.3 is 4.74 Å². The largest absolute Gasteiger partial charge is 0.497 e. The molecular formula is C9H16O. The molecule has 1 aliphatic heterocycles. The monoisotopic (exact) mass is 140 g/mol. The fourth-order valence-electron chi connectivity index (χ4n) is 1.19. The maximum Gasteiger partial charge on any atom is 0.0963 e. The molecule has 0 fully saturated rings. The minimum absolute atomic E-state index is 0.282. The van der Waals surface area contributed by atoms with Crippen molar-refractivity contribution in [3.05, 3.63) is 11.8 Å². The normalized spacial score (nSPS) is 22.1. The zero-order valence-electron chi connectivity index (χ0n) is 7.11. The molecule has 0 aliphatic carbocycles. The summed E-state index contributed by atoms with van der Waals surface area (Å²) < 4.78 is 5.47. The summed E-state index contributed by atoms with van der Waals surface area (Å²) >= 11 is 0. The summed E-state index contributed by atoms with van der Waals surface area (Å²) in [5.41, 5.74) is 0.282. The molecule has 1 rings (SSSR count). The highest BCUT2D eigenvalue weighted by Gasteiger charge is 2.23. The van der Waals surface area contributed by atoms with Gasteiger partial charge in [0.15, 0.2) is 0 Å². The lowest BCUT2D eigenvalue weighted by Gasteiger charge is -2.09. The summed E-state index contributed by atoms with van der Waals surface area (Å²) in [6.45, 7) is 7.45. The Bertz CT molecular complexity index is 145. The average molecular weight is 140 g/mol. The van der Waals surface area contributed by atoms with E-state index in [0.29, 0.717) is 0 Å². The summed E-state index contributed by atoms with van der Waals surface area (Å²) in [5.74, 6) is 1.19. The molecule has 0 radical (unpaired) electrons. The molecule has 0 bridgehead atoms. The van der Waals surface area contributed by atoms with Crippen molar-refractivity contribution in [2.75, 3.05) is 6.61 Å². The van der Waals surface area contributed by atoms with Gasteiger partial charge in [-0.1, -0.05) is 20.8 Å². The molecule has 10 heavy (non-hydrogen) atoms. The first-order valence-electron chi connectivity index (χ1n) is 3.98. The zero-order valence-corrected chi connectivity index (χ0v) is 7.11. The third-order valence-corrected chi connectivity index (χ3v) is 1.68. The Balaban J connectivity index is 2.49. The van der Waals surface area contributed by atoms with Crippen LogP contribution in [0.25, 0.3) is 0 Å². The van der Waals surface area contributed by atoms with Gasteiger partial charge in [0, 0.05) is 11.8 Å². The number of allylic oxidation sites excluding steroid dienone is 1. The van der Waals surface area contributed by atoms with Crippen molar-refractivity contribution < 1.29 is 4.74 Å². The smallest absolute Gasteiger partial charge is 0.0963 e. The van der Waals surface area contributed by atoms with Gasteiger partial charge in [-0.05, 0) is 12.5 Å². The first kappa shape index (κ1) is 7.64. The summed E-state index contributed by atoms with van der Waals surface area (Å²) in [6.07, 6.45) is 4.53. The van der Waals surface area contributed by atoms with Crippen LogP contribution < -0.4 is 0 Å². The van der Waals surface area contributed by atoms with E-state index in [9.17, 15) is 0 Å². The van der Waals surface area contributed by atoms with Gasteiger partial charge in [-0.2, -0.15) is 0 Å². The molecule has 1 aliphatic rings. The van der Waals surface area contributed by atoms with Crippen LogP contribution >= 0.6 is 0 Å². The van der Waals surface area contributed by atoms with E-state index in [2.05, 4.69) is 26.8 Å². The van der Waals surface area contributed by atoms with Gasteiger partial charge in [0.2, 0.25) is 0 Å². The minimum atomic E-state index is 0.282. The van der Waals surface area contributed by atoms with Gasteiger partial charge in [-0.25, -0.2) is 0 Å². The number of hydrogen-bond acceptors (Lipinski definition) is 1. The maximum absolute atomic E-state index is 5.47. The predicted molar refractivity (Wildman–Crippen MR) is 42.7 cm³/mol. The first-order valence-corrected chi connectivity index (χ1v) is 3.98. The van der Waals surface area contributed by atoms with Crippen LogP contribution in [0, 0.1) is 5.41 Å². The minimum Gasteiger partial charge on any atom is -0.497 e. The van der Waals surface area contributed by atoms with Crippen LogP contribution in [0.4, 0.5) is 0 Å². The third kappa shape index (κ3) is 1.76. The zero-order chi connectivity index (χ0) is 7.61. The van der Waals surface area contributed by atoms with E-state index in [1.54, 1.807) is 0 Å². The van der Waals surface area contributed by atoms with E-state index in [0.717, 1.165) is 13.0 Å². The Morgan fingerprint density at radius 1 is 1.60 bits per heavy atom. The molecule has 0 aromatic heterocycles. The van der Waals surface area contributed by atoms with Crippen molar-refractivity contribution in [3.8, 4) is 0 Å². The molecule has 1 nitrogen and oxygen atoms in total. The Morgan fingerprint density at radius 2 is 2.30 bits per heavy atom. The van der Waals surface area contributed by atoms with Crippen LogP contribution in [0.5, 0.6) is 0 Å². The first-order chi connectivity index (χ1) is 4.64. The molecule has 58 valence electrons. The molecule has 0 amide bonds. The van der Waals surface area contributed by atoms with Crippen molar-refractivity contribution in [3.63, 3.8) is 0 Å². The van der Waals surface area contributed by atoms with E-state index in [1.165, 1.54) is 12.2 Å². The second-order valence-corrected chi connectivity index (χ2v) is 3.64. The van der Waals surface area contributed by atoms with Crippen molar-refractivity contribution in [1.29, 1.82) is 0 Å². The molecule has 0 saturated carbocycles. The highest BCUT2D eigenvalue weighted by Crippen LogP contribution is 2.29. The van der Waals surface area contributed by atoms with Gasteiger partial charge in [-0.3, -0.25) is 0 Å². The second kappa shape index (κ2) is 2.65. The van der Waals surface area contributed by atoms with E-state index >= 15 is 0 Å². The third-order valence-electron chi connectivity index (χ3n) is 1.68.